The number of anilines is 1. The normalized spacial score (nSPS) is 11.9. The Labute approximate surface area is 131 Å². The van der Waals surface area contributed by atoms with Gasteiger partial charge in [-0.05, 0) is 30.7 Å². The lowest BCUT2D eigenvalue weighted by Gasteiger charge is -2.16. The lowest BCUT2D eigenvalue weighted by atomic mass is 10.1. The molecule has 2 aromatic carbocycles. The van der Waals surface area contributed by atoms with Crippen LogP contribution in [0.3, 0.4) is 0 Å². The van der Waals surface area contributed by atoms with Gasteiger partial charge in [0.1, 0.15) is 12.1 Å². The highest BCUT2D eigenvalue weighted by Gasteiger charge is 2.12. The zero-order chi connectivity index (χ0) is 16.4. The summed E-state index contributed by atoms with van der Waals surface area (Å²) in [5.41, 5.74) is 1.76. The van der Waals surface area contributed by atoms with Gasteiger partial charge in [-0.25, -0.2) is 18.7 Å². The van der Waals surface area contributed by atoms with Crippen LogP contribution in [0, 0.1) is 23.0 Å². The van der Waals surface area contributed by atoms with Gasteiger partial charge in [0.25, 0.3) is 0 Å². The van der Waals surface area contributed by atoms with Crippen molar-refractivity contribution in [3.8, 4) is 6.07 Å². The van der Waals surface area contributed by atoms with Gasteiger partial charge < -0.3 is 5.32 Å². The number of aromatic nitrogens is 2. The van der Waals surface area contributed by atoms with E-state index >= 15 is 0 Å². The number of nitriles is 1. The number of benzene rings is 2. The summed E-state index contributed by atoms with van der Waals surface area (Å²) < 4.78 is 26.8. The summed E-state index contributed by atoms with van der Waals surface area (Å²) in [6.45, 7) is 1.89. The van der Waals surface area contributed by atoms with Gasteiger partial charge in [0.15, 0.2) is 11.6 Å². The van der Waals surface area contributed by atoms with E-state index in [2.05, 4.69) is 21.4 Å². The van der Waals surface area contributed by atoms with Crippen LogP contribution >= 0.6 is 0 Å². The molecule has 0 bridgehead atoms. The molecule has 114 valence electrons. The van der Waals surface area contributed by atoms with E-state index in [1.165, 1.54) is 6.33 Å². The minimum Gasteiger partial charge on any atom is -0.363 e. The van der Waals surface area contributed by atoms with Crippen molar-refractivity contribution in [3.63, 3.8) is 0 Å². The van der Waals surface area contributed by atoms with E-state index in [1.54, 1.807) is 18.2 Å². The molecule has 6 heteroatoms. The van der Waals surface area contributed by atoms with Gasteiger partial charge in [0, 0.05) is 11.5 Å². The third kappa shape index (κ3) is 2.94. The van der Waals surface area contributed by atoms with Crippen molar-refractivity contribution in [2.24, 2.45) is 0 Å². The Morgan fingerprint density at radius 2 is 1.91 bits per heavy atom. The molecular formula is C17H12F2N4. The summed E-state index contributed by atoms with van der Waals surface area (Å²) in [4.78, 5) is 8.06. The van der Waals surface area contributed by atoms with E-state index in [0.29, 0.717) is 22.3 Å². The second-order valence-electron chi connectivity index (χ2n) is 5.11. The molecule has 3 rings (SSSR count). The number of rotatable bonds is 3. The van der Waals surface area contributed by atoms with Crippen LogP contribution in [0.5, 0.6) is 0 Å². The largest absolute Gasteiger partial charge is 0.363 e. The van der Waals surface area contributed by atoms with Gasteiger partial charge in [-0.15, -0.1) is 0 Å². The Hall–Kier alpha value is -3.07. The molecule has 3 aromatic rings. The van der Waals surface area contributed by atoms with Crippen molar-refractivity contribution in [3.05, 3.63) is 65.5 Å². The third-order valence-corrected chi connectivity index (χ3v) is 3.55. The second-order valence-corrected chi connectivity index (χ2v) is 5.11. The van der Waals surface area contributed by atoms with E-state index in [0.717, 1.165) is 17.7 Å². The van der Waals surface area contributed by atoms with Crippen LogP contribution in [0.25, 0.3) is 10.9 Å². The fraction of sp³-hybridized carbons (Fsp3) is 0.118. The topological polar surface area (TPSA) is 61.6 Å². The van der Waals surface area contributed by atoms with Crippen molar-refractivity contribution >= 4 is 16.7 Å². The number of halogens is 2. The summed E-state index contributed by atoms with van der Waals surface area (Å²) in [6.07, 6.45) is 1.29. The number of nitrogens with zero attached hydrogens (tertiary/aromatic N) is 3. The Balaban J connectivity index is 1.98. The summed E-state index contributed by atoms with van der Waals surface area (Å²) in [7, 11) is 0. The lowest BCUT2D eigenvalue weighted by molar-refractivity contribution is 0.510. The van der Waals surface area contributed by atoms with Crippen LogP contribution < -0.4 is 5.32 Å². The van der Waals surface area contributed by atoms with Crippen molar-refractivity contribution < 1.29 is 8.78 Å². The predicted octanol–water partition coefficient (Wildman–Crippen LogP) is 3.95. The second kappa shape index (κ2) is 5.97. The Morgan fingerprint density at radius 3 is 2.70 bits per heavy atom. The average molecular weight is 310 g/mol. The monoisotopic (exact) mass is 310 g/mol. The molecule has 1 atom stereocenters. The molecule has 4 nitrogen and oxygen atoms in total. The molecule has 1 unspecified atom stereocenters. The van der Waals surface area contributed by atoms with Crippen molar-refractivity contribution in [2.45, 2.75) is 13.0 Å². The van der Waals surface area contributed by atoms with Crippen molar-refractivity contribution in [1.82, 2.24) is 9.97 Å². The number of nitrogens with one attached hydrogen (secondary N) is 1. The highest BCUT2D eigenvalue weighted by molar-refractivity contribution is 5.89. The quantitative estimate of drug-likeness (QED) is 0.795. The molecule has 0 amide bonds. The van der Waals surface area contributed by atoms with Crippen LogP contribution in [0.15, 0.2) is 42.7 Å². The maximum absolute atomic E-state index is 13.5. The molecule has 0 fully saturated rings. The molecule has 0 aliphatic carbocycles. The van der Waals surface area contributed by atoms with Gasteiger partial charge in [-0.1, -0.05) is 12.1 Å². The molecule has 0 aliphatic rings. The Morgan fingerprint density at radius 1 is 1.13 bits per heavy atom. The van der Waals surface area contributed by atoms with Gasteiger partial charge in [0.2, 0.25) is 0 Å². The molecule has 23 heavy (non-hydrogen) atoms. The lowest BCUT2D eigenvalue weighted by Crippen LogP contribution is -2.09. The van der Waals surface area contributed by atoms with E-state index in [1.807, 2.05) is 13.0 Å². The maximum atomic E-state index is 13.5. The van der Waals surface area contributed by atoms with Crippen LogP contribution in [0.4, 0.5) is 14.6 Å². The van der Waals surface area contributed by atoms with Gasteiger partial charge in [0.05, 0.1) is 23.2 Å². The van der Waals surface area contributed by atoms with Crippen molar-refractivity contribution in [2.75, 3.05) is 5.32 Å². The fourth-order valence-electron chi connectivity index (χ4n) is 2.33. The highest BCUT2D eigenvalue weighted by atomic mass is 19.2. The minimum atomic E-state index is -0.950. The first-order valence-corrected chi connectivity index (χ1v) is 6.95. The van der Waals surface area contributed by atoms with E-state index in [-0.39, 0.29) is 6.04 Å². The molecular weight excluding hydrogens is 298 g/mol. The molecule has 1 heterocycles. The van der Waals surface area contributed by atoms with Gasteiger partial charge in [-0.3, -0.25) is 0 Å². The Bertz CT molecular complexity index is 918. The molecule has 0 aliphatic heterocycles. The summed E-state index contributed by atoms with van der Waals surface area (Å²) in [5, 5.41) is 12.5. The molecule has 0 saturated heterocycles. The zero-order valence-electron chi connectivity index (χ0n) is 12.2. The number of fused-ring (bicyclic) bond motifs is 1. The SMILES string of the molecule is CC(Nc1ncnc2cc(F)c(F)cc12)c1cccc(C#N)c1. The number of hydrogen-bond donors (Lipinski definition) is 1. The van der Waals surface area contributed by atoms with E-state index < -0.39 is 11.6 Å². The average Bonchev–Trinajstić information content (AvgIpc) is 2.56. The summed E-state index contributed by atoms with van der Waals surface area (Å²) in [5.74, 6) is -1.49. The van der Waals surface area contributed by atoms with E-state index in [9.17, 15) is 8.78 Å². The van der Waals surface area contributed by atoms with E-state index in [4.69, 9.17) is 5.26 Å². The Kier molecular flexibility index (Phi) is 3.85. The first kappa shape index (κ1) is 14.9. The molecule has 0 saturated carbocycles. The first-order chi connectivity index (χ1) is 11.1. The third-order valence-electron chi connectivity index (χ3n) is 3.55. The maximum Gasteiger partial charge on any atom is 0.161 e. The molecule has 1 N–H and O–H groups in total. The summed E-state index contributed by atoms with van der Waals surface area (Å²) >= 11 is 0. The zero-order valence-corrected chi connectivity index (χ0v) is 12.2. The van der Waals surface area contributed by atoms with Crippen molar-refractivity contribution in [1.29, 1.82) is 5.26 Å². The summed E-state index contributed by atoms with van der Waals surface area (Å²) in [6, 6.07) is 11.2. The number of hydrogen-bond acceptors (Lipinski definition) is 4. The van der Waals surface area contributed by atoms with Crippen LogP contribution in [-0.2, 0) is 0 Å². The minimum absolute atomic E-state index is 0.172. The van der Waals surface area contributed by atoms with Gasteiger partial charge in [-0.2, -0.15) is 5.26 Å². The van der Waals surface area contributed by atoms with Crippen LogP contribution in [0.1, 0.15) is 24.1 Å². The molecule has 0 spiro atoms. The van der Waals surface area contributed by atoms with Crippen LogP contribution in [-0.4, -0.2) is 9.97 Å². The first-order valence-electron chi connectivity index (χ1n) is 6.95. The smallest absolute Gasteiger partial charge is 0.161 e. The molecule has 1 aromatic heterocycles. The molecule has 0 radical (unpaired) electrons. The fourth-order valence-corrected chi connectivity index (χ4v) is 2.33. The van der Waals surface area contributed by atoms with Crippen LogP contribution in [0.2, 0.25) is 0 Å². The predicted molar refractivity (Wildman–Crippen MR) is 82.6 cm³/mol. The highest BCUT2D eigenvalue weighted by Crippen LogP contribution is 2.26. The van der Waals surface area contributed by atoms with Gasteiger partial charge >= 0.3 is 0 Å². The standard InChI is InChI=1S/C17H12F2N4/c1-10(12-4-2-3-11(5-12)8-20)23-17-13-6-14(18)15(19)7-16(13)21-9-22-17/h2-7,9-10H,1H3,(H,21,22,23).